The lowest BCUT2D eigenvalue weighted by Crippen LogP contribution is -2.62. The van der Waals surface area contributed by atoms with Gasteiger partial charge in [-0.25, -0.2) is 0 Å². The summed E-state index contributed by atoms with van der Waals surface area (Å²) in [6, 6.07) is 0. The van der Waals surface area contributed by atoms with E-state index >= 15 is 0 Å². The molecule has 5 nitrogen and oxygen atoms in total. The summed E-state index contributed by atoms with van der Waals surface area (Å²) in [4.78, 5) is 11.8. The summed E-state index contributed by atoms with van der Waals surface area (Å²) in [5.41, 5.74) is 5.89. The van der Waals surface area contributed by atoms with Crippen molar-refractivity contribution in [3.05, 3.63) is 0 Å². The Morgan fingerprint density at radius 1 is 1.23 bits per heavy atom. The van der Waals surface area contributed by atoms with Crippen LogP contribution in [0.1, 0.15) is 46.0 Å². The molecule has 124 valence electrons. The number of esters is 1. The Bertz CT molecular complexity index is 483. The molecule has 5 heteroatoms. The summed E-state index contributed by atoms with van der Waals surface area (Å²) in [5, 5.41) is 0. The minimum absolute atomic E-state index is 0.0107. The third-order valence-electron chi connectivity index (χ3n) is 7.07. The van der Waals surface area contributed by atoms with Crippen molar-refractivity contribution in [2.45, 2.75) is 64.4 Å². The van der Waals surface area contributed by atoms with Crippen LogP contribution >= 0.6 is 0 Å². The molecule has 0 bridgehead atoms. The summed E-state index contributed by atoms with van der Waals surface area (Å²) in [5.74, 6) is 0.875. The Morgan fingerprint density at radius 2 is 2.05 bits per heavy atom. The lowest BCUT2D eigenvalue weighted by Gasteiger charge is -2.62. The first-order valence-electron chi connectivity index (χ1n) is 8.64. The van der Waals surface area contributed by atoms with E-state index in [1.807, 2.05) is 0 Å². The molecule has 2 saturated carbocycles. The molecule has 2 heterocycles. The van der Waals surface area contributed by atoms with Gasteiger partial charge in [0.15, 0.2) is 6.29 Å². The predicted molar refractivity (Wildman–Crippen MR) is 79.8 cm³/mol. The number of hydrogen-bond acceptors (Lipinski definition) is 5. The fourth-order valence-corrected chi connectivity index (χ4v) is 5.92. The van der Waals surface area contributed by atoms with Crippen LogP contribution in [0, 0.1) is 22.7 Å². The van der Waals surface area contributed by atoms with E-state index in [0.29, 0.717) is 31.4 Å². The van der Waals surface area contributed by atoms with E-state index in [4.69, 9.17) is 19.9 Å². The van der Waals surface area contributed by atoms with Crippen molar-refractivity contribution in [2.75, 3.05) is 13.2 Å². The van der Waals surface area contributed by atoms with Crippen molar-refractivity contribution in [3.8, 4) is 0 Å². The topological polar surface area (TPSA) is 70.8 Å². The molecule has 0 aromatic heterocycles. The lowest BCUT2D eigenvalue weighted by molar-refractivity contribution is -0.303. The average Bonchev–Trinajstić information content (AvgIpc) is 2.88. The first kappa shape index (κ1) is 14.9. The molecule has 0 amide bonds. The molecule has 2 N–H and O–H groups in total. The zero-order valence-electron chi connectivity index (χ0n) is 13.5. The van der Waals surface area contributed by atoms with Crippen LogP contribution in [0.15, 0.2) is 0 Å². The quantitative estimate of drug-likeness (QED) is 0.748. The molecule has 0 spiro atoms. The van der Waals surface area contributed by atoms with Crippen LogP contribution in [0.3, 0.4) is 0 Å². The molecule has 7 atom stereocenters. The maximum atomic E-state index is 11.8. The zero-order valence-corrected chi connectivity index (χ0v) is 13.5. The molecule has 2 saturated heterocycles. The maximum absolute atomic E-state index is 11.8. The summed E-state index contributed by atoms with van der Waals surface area (Å²) in [6.45, 7) is 5.81. The normalized spacial score (nSPS) is 54.1. The third-order valence-corrected chi connectivity index (χ3v) is 7.07. The van der Waals surface area contributed by atoms with Crippen LogP contribution < -0.4 is 5.73 Å². The van der Waals surface area contributed by atoms with Crippen molar-refractivity contribution in [1.82, 2.24) is 0 Å². The van der Waals surface area contributed by atoms with Crippen LogP contribution in [-0.2, 0) is 19.0 Å². The van der Waals surface area contributed by atoms with Gasteiger partial charge in [-0.05, 0) is 37.0 Å². The minimum Gasteiger partial charge on any atom is -0.462 e. The van der Waals surface area contributed by atoms with Crippen LogP contribution in [-0.4, -0.2) is 37.6 Å². The van der Waals surface area contributed by atoms with Gasteiger partial charge in [0.1, 0.15) is 6.10 Å². The number of ether oxygens (including phenoxy) is 3. The number of carbonyl (C=O) groups excluding carboxylic acids is 1. The SMILES string of the molecule is CC12COC(CN)OC1CCC1(C)C3CC(=O)OC3CCC21. The molecule has 4 aliphatic rings. The van der Waals surface area contributed by atoms with E-state index in [9.17, 15) is 4.79 Å². The van der Waals surface area contributed by atoms with Crippen LogP contribution in [0.4, 0.5) is 0 Å². The first-order valence-corrected chi connectivity index (χ1v) is 8.64. The van der Waals surface area contributed by atoms with Gasteiger partial charge in [-0.3, -0.25) is 4.79 Å². The maximum Gasteiger partial charge on any atom is 0.306 e. The number of fused-ring (bicyclic) bond motifs is 5. The molecule has 2 aliphatic heterocycles. The molecular weight excluding hydrogens is 282 g/mol. The number of carbonyl (C=O) groups is 1. The second-order valence-corrected chi connectivity index (χ2v) is 8.12. The second-order valence-electron chi connectivity index (χ2n) is 8.12. The highest BCUT2D eigenvalue weighted by molar-refractivity contribution is 5.72. The van der Waals surface area contributed by atoms with Gasteiger partial charge in [-0.1, -0.05) is 13.8 Å². The zero-order chi connectivity index (χ0) is 15.5. The second kappa shape index (κ2) is 4.92. The van der Waals surface area contributed by atoms with Gasteiger partial charge in [0.2, 0.25) is 0 Å². The van der Waals surface area contributed by atoms with Gasteiger partial charge in [0.05, 0.1) is 19.1 Å². The van der Waals surface area contributed by atoms with Crippen LogP contribution in [0.5, 0.6) is 0 Å². The Balaban J connectivity index is 1.63. The smallest absolute Gasteiger partial charge is 0.306 e. The lowest BCUT2D eigenvalue weighted by atomic mass is 9.46. The third kappa shape index (κ3) is 1.91. The fraction of sp³-hybridized carbons (Fsp3) is 0.941. The minimum atomic E-state index is -0.254. The Morgan fingerprint density at radius 3 is 2.82 bits per heavy atom. The molecule has 4 rings (SSSR count). The Kier molecular flexibility index (Phi) is 3.34. The van der Waals surface area contributed by atoms with Crippen molar-refractivity contribution >= 4 is 5.97 Å². The molecule has 0 radical (unpaired) electrons. The molecule has 4 fully saturated rings. The standard InChI is InChI=1S/C17H27NO4/c1-16-6-5-13-17(2,9-20-15(8-18)22-13)12(16)4-3-11-10(16)7-14(19)21-11/h10-13,15H,3-9,18H2,1-2H3. The monoisotopic (exact) mass is 309 g/mol. The van der Waals surface area contributed by atoms with Crippen molar-refractivity contribution < 1.29 is 19.0 Å². The molecule has 22 heavy (non-hydrogen) atoms. The molecule has 0 aromatic carbocycles. The van der Waals surface area contributed by atoms with Gasteiger partial charge in [0, 0.05) is 17.9 Å². The van der Waals surface area contributed by atoms with Crippen molar-refractivity contribution in [1.29, 1.82) is 0 Å². The van der Waals surface area contributed by atoms with E-state index < -0.39 is 0 Å². The number of hydrogen-bond donors (Lipinski definition) is 1. The molecular formula is C17H27NO4. The van der Waals surface area contributed by atoms with Crippen molar-refractivity contribution in [3.63, 3.8) is 0 Å². The van der Waals surface area contributed by atoms with Gasteiger partial charge in [-0.15, -0.1) is 0 Å². The van der Waals surface area contributed by atoms with E-state index in [1.165, 1.54) is 0 Å². The van der Waals surface area contributed by atoms with Gasteiger partial charge in [0.25, 0.3) is 0 Å². The van der Waals surface area contributed by atoms with E-state index in [2.05, 4.69) is 13.8 Å². The highest BCUT2D eigenvalue weighted by Gasteiger charge is 2.63. The predicted octanol–water partition coefficient (Wildman–Crippen LogP) is 1.83. The van der Waals surface area contributed by atoms with Crippen LogP contribution in [0.25, 0.3) is 0 Å². The first-order chi connectivity index (χ1) is 10.5. The van der Waals surface area contributed by atoms with E-state index in [-0.39, 0.29) is 35.3 Å². The van der Waals surface area contributed by atoms with Crippen LogP contribution in [0.2, 0.25) is 0 Å². The Labute approximate surface area is 131 Å². The number of nitrogens with two attached hydrogens (primary N) is 1. The average molecular weight is 309 g/mol. The van der Waals surface area contributed by atoms with Gasteiger partial charge in [-0.2, -0.15) is 0 Å². The Hall–Kier alpha value is -0.650. The number of rotatable bonds is 1. The largest absolute Gasteiger partial charge is 0.462 e. The molecule has 7 unspecified atom stereocenters. The highest BCUT2D eigenvalue weighted by atomic mass is 16.7. The van der Waals surface area contributed by atoms with Gasteiger partial charge >= 0.3 is 5.97 Å². The highest BCUT2D eigenvalue weighted by Crippen LogP contribution is 2.63. The van der Waals surface area contributed by atoms with E-state index in [0.717, 1.165) is 25.7 Å². The van der Waals surface area contributed by atoms with Crippen molar-refractivity contribution in [2.24, 2.45) is 28.4 Å². The summed E-state index contributed by atoms with van der Waals surface area (Å²) in [6.07, 6.45) is 4.91. The fourth-order valence-electron chi connectivity index (χ4n) is 5.92. The molecule has 0 aromatic rings. The summed E-state index contributed by atoms with van der Waals surface area (Å²) < 4.78 is 17.6. The summed E-state index contributed by atoms with van der Waals surface area (Å²) >= 11 is 0. The van der Waals surface area contributed by atoms with E-state index in [1.54, 1.807) is 0 Å². The molecule has 2 aliphatic carbocycles. The van der Waals surface area contributed by atoms with Gasteiger partial charge < -0.3 is 19.9 Å². The summed E-state index contributed by atoms with van der Waals surface area (Å²) in [7, 11) is 0.